The fraction of sp³-hybridized carbons (Fsp3) is 0.303. The Morgan fingerprint density at radius 2 is 1.58 bits per heavy atom. The normalized spacial score (nSPS) is 13.6. The zero-order valence-electron chi connectivity index (χ0n) is 22.8. The van der Waals surface area contributed by atoms with Gasteiger partial charge in [0.2, 0.25) is 5.69 Å². The van der Waals surface area contributed by atoms with Crippen molar-refractivity contribution in [2.45, 2.75) is 63.5 Å². The first-order valence-corrected chi connectivity index (χ1v) is 17.4. The van der Waals surface area contributed by atoms with Crippen LogP contribution in [-0.2, 0) is 13.5 Å². The molecule has 1 nitrogen and oxygen atoms in total. The second-order valence-electron chi connectivity index (χ2n) is 12.8. The molecule has 4 aromatic carbocycles. The molecule has 182 valence electrons. The van der Waals surface area contributed by atoms with Gasteiger partial charge in [-0.05, 0) is 57.5 Å². The van der Waals surface area contributed by atoms with E-state index in [1.54, 1.807) is 0 Å². The first kappa shape index (κ1) is 23.8. The van der Waals surface area contributed by atoms with Gasteiger partial charge in [0.15, 0.2) is 6.20 Å². The minimum Gasteiger partial charge on any atom is -0.200 e. The topological polar surface area (TPSA) is 3.88 Å². The van der Waals surface area contributed by atoms with Gasteiger partial charge in [0, 0.05) is 21.2 Å². The molecule has 0 fully saturated rings. The zero-order valence-corrected chi connectivity index (χ0v) is 24.7. The van der Waals surface area contributed by atoms with Crippen LogP contribution in [-0.4, -0.2) is 8.07 Å². The zero-order chi connectivity index (χ0) is 25.6. The summed E-state index contributed by atoms with van der Waals surface area (Å²) < 4.78 is 2.36. The number of aromatic nitrogens is 1. The van der Waals surface area contributed by atoms with Crippen LogP contribution in [0.3, 0.4) is 0 Å². The Kier molecular flexibility index (Phi) is 5.24. The molecule has 6 rings (SSSR count). The minimum atomic E-state index is -1.39. The Balaban J connectivity index is 1.76. The average molecular weight is 507 g/mol. The van der Waals surface area contributed by atoms with E-state index in [1.165, 1.54) is 69.7 Å². The highest BCUT2D eigenvalue weighted by Gasteiger charge is 2.33. The molecule has 0 spiro atoms. The Labute approximate surface area is 220 Å². The monoisotopic (exact) mass is 506 g/mol. The number of rotatable bonds is 2. The Bertz CT molecular complexity index is 1720. The van der Waals surface area contributed by atoms with E-state index in [2.05, 4.69) is 120 Å². The van der Waals surface area contributed by atoms with Gasteiger partial charge in [0.25, 0.3) is 0 Å². The van der Waals surface area contributed by atoms with Crippen molar-refractivity contribution < 1.29 is 4.57 Å². The van der Waals surface area contributed by atoms with E-state index in [0.29, 0.717) is 0 Å². The largest absolute Gasteiger partial charge is 0.222 e. The summed E-state index contributed by atoms with van der Waals surface area (Å²) in [5.74, 6) is 0. The Hall–Kier alpha value is -2.62. The maximum absolute atomic E-state index is 2.48. The van der Waals surface area contributed by atoms with Gasteiger partial charge in [-0.25, -0.2) is 4.57 Å². The van der Waals surface area contributed by atoms with Gasteiger partial charge >= 0.3 is 0 Å². The Morgan fingerprint density at radius 3 is 2.28 bits per heavy atom. The van der Waals surface area contributed by atoms with Crippen molar-refractivity contribution >= 4 is 57.3 Å². The average Bonchev–Trinajstić information content (AvgIpc) is 2.81. The third kappa shape index (κ3) is 3.62. The van der Waals surface area contributed by atoms with Crippen molar-refractivity contribution in [1.82, 2.24) is 0 Å². The summed E-state index contributed by atoms with van der Waals surface area (Å²) in [7, 11) is 0.823. The fourth-order valence-electron chi connectivity index (χ4n) is 5.98. The van der Waals surface area contributed by atoms with Crippen LogP contribution in [0.1, 0.15) is 31.9 Å². The molecule has 3 heteroatoms. The SMILES string of the molecule is Cc1c2c(c(CC(C)(C)C)c3ccccc13)Sc1cc3cc([Si](C)(C)C)ccc3c3cc[n+](C)c-2c13. The smallest absolute Gasteiger partial charge is 0.200 e. The molecule has 0 bridgehead atoms. The van der Waals surface area contributed by atoms with Gasteiger partial charge in [0.05, 0.1) is 19.0 Å². The lowest BCUT2D eigenvalue weighted by Gasteiger charge is -2.28. The molecular weight excluding hydrogens is 471 g/mol. The number of pyridine rings is 1. The Morgan fingerprint density at radius 1 is 0.861 bits per heavy atom. The van der Waals surface area contributed by atoms with Crippen LogP contribution in [0.2, 0.25) is 19.6 Å². The molecule has 1 aliphatic heterocycles. The summed E-state index contributed by atoms with van der Waals surface area (Å²) in [5, 5.41) is 9.86. The third-order valence-corrected chi connectivity index (χ3v) is 11.0. The summed E-state index contributed by atoms with van der Waals surface area (Å²) in [6.45, 7) is 16.7. The molecule has 0 saturated heterocycles. The van der Waals surface area contributed by atoms with Crippen LogP contribution in [0, 0.1) is 12.3 Å². The highest BCUT2D eigenvalue weighted by molar-refractivity contribution is 8.00. The van der Waals surface area contributed by atoms with Crippen LogP contribution < -0.4 is 9.75 Å². The molecule has 0 aliphatic carbocycles. The minimum absolute atomic E-state index is 0.205. The molecule has 36 heavy (non-hydrogen) atoms. The number of aryl methyl sites for hydroxylation is 2. The fourth-order valence-corrected chi connectivity index (χ4v) is 8.52. The van der Waals surface area contributed by atoms with Crippen molar-refractivity contribution in [3.8, 4) is 11.3 Å². The maximum Gasteiger partial charge on any atom is 0.222 e. The lowest BCUT2D eigenvalue weighted by molar-refractivity contribution is -0.659. The van der Waals surface area contributed by atoms with Crippen LogP contribution in [0.25, 0.3) is 43.6 Å². The van der Waals surface area contributed by atoms with Crippen molar-refractivity contribution in [2.24, 2.45) is 12.5 Å². The van der Waals surface area contributed by atoms with Crippen molar-refractivity contribution in [1.29, 1.82) is 0 Å². The van der Waals surface area contributed by atoms with Gasteiger partial charge < -0.3 is 0 Å². The van der Waals surface area contributed by atoms with Crippen molar-refractivity contribution in [3.63, 3.8) is 0 Å². The van der Waals surface area contributed by atoms with E-state index in [9.17, 15) is 0 Å². The summed E-state index contributed by atoms with van der Waals surface area (Å²) >= 11 is 2.01. The molecule has 1 aliphatic rings. The number of nitrogens with zero attached hydrogens (tertiary/aromatic N) is 1. The standard InChI is InChI=1S/C33H36NSSi/c1-20-23-11-9-10-12-25(23)27(19-33(2,3)4)32-29(20)31-30-26(15-16-34(31)5)24-14-13-22(36(6,7)8)17-21(24)18-28(30)35-32/h9-18H,19H2,1-8H3/q+1. The van der Waals surface area contributed by atoms with Crippen molar-refractivity contribution in [2.75, 3.05) is 0 Å². The van der Waals surface area contributed by atoms with Crippen LogP contribution in [0.4, 0.5) is 0 Å². The number of hydrogen-bond acceptors (Lipinski definition) is 1. The molecule has 0 radical (unpaired) electrons. The van der Waals surface area contributed by atoms with Gasteiger partial charge in [-0.1, -0.05) is 99.8 Å². The molecule has 0 atom stereocenters. The maximum atomic E-state index is 2.48. The molecule has 5 aromatic rings. The summed E-state index contributed by atoms with van der Waals surface area (Å²) in [6.07, 6.45) is 3.33. The van der Waals surface area contributed by atoms with Gasteiger partial charge in [0.1, 0.15) is 7.05 Å². The molecule has 0 amide bonds. The van der Waals surface area contributed by atoms with E-state index < -0.39 is 8.07 Å². The number of hydrogen-bond donors (Lipinski definition) is 0. The number of fused-ring (bicyclic) bond motifs is 5. The summed E-state index contributed by atoms with van der Waals surface area (Å²) in [5.41, 5.74) is 5.90. The highest BCUT2D eigenvalue weighted by Crippen LogP contribution is 2.53. The second-order valence-corrected chi connectivity index (χ2v) is 18.9. The summed E-state index contributed by atoms with van der Waals surface area (Å²) in [4.78, 5) is 2.85. The molecule has 0 unspecified atom stereocenters. The van der Waals surface area contributed by atoms with E-state index in [-0.39, 0.29) is 5.41 Å². The molecule has 0 N–H and O–H groups in total. The van der Waals surface area contributed by atoms with Crippen molar-refractivity contribution in [3.05, 3.63) is 71.9 Å². The molecular formula is C33H36NSSi+. The second kappa shape index (κ2) is 7.94. The van der Waals surface area contributed by atoms with E-state index >= 15 is 0 Å². The van der Waals surface area contributed by atoms with E-state index in [0.717, 1.165) is 6.42 Å². The lowest BCUT2D eigenvalue weighted by atomic mass is 9.83. The van der Waals surface area contributed by atoms with E-state index in [4.69, 9.17) is 0 Å². The first-order valence-electron chi connectivity index (χ1n) is 13.1. The molecule has 0 saturated carbocycles. The van der Waals surface area contributed by atoms with Gasteiger partial charge in [-0.2, -0.15) is 0 Å². The first-order chi connectivity index (χ1) is 16.9. The predicted molar refractivity (Wildman–Crippen MR) is 161 cm³/mol. The van der Waals surface area contributed by atoms with Gasteiger partial charge in [-0.15, -0.1) is 0 Å². The molecule has 1 aromatic heterocycles. The van der Waals surface area contributed by atoms with Crippen LogP contribution in [0.5, 0.6) is 0 Å². The van der Waals surface area contributed by atoms with Gasteiger partial charge in [-0.3, -0.25) is 0 Å². The van der Waals surface area contributed by atoms with Crippen LogP contribution >= 0.6 is 11.8 Å². The third-order valence-electron chi connectivity index (χ3n) is 7.75. The molecule has 2 heterocycles. The quantitative estimate of drug-likeness (QED) is 0.129. The highest BCUT2D eigenvalue weighted by atomic mass is 32.2. The van der Waals surface area contributed by atoms with Crippen LogP contribution in [0.15, 0.2) is 70.6 Å². The lowest BCUT2D eigenvalue weighted by Crippen LogP contribution is -2.37. The summed E-state index contributed by atoms with van der Waals surface area (Å²) in [6, 6.07) is 21.1. The van der Waals surface area contributed by atoms with E-state index in [1.807, 2.05) is 11.8 Å². The number of benzene rings is 4. The predicted octanol–water partition coefficient (Wildman–Crippen LogP) is 8.54.